The van der Waals surface area contributed by atoms with Crippen LogP contribution in [0.15, 0.2) is 36.4 Å². The monoisotopic (exact) mass is 253 g/mol. The molecule has 0 fully saturated rings. The van der Waals surface area contributed by atoms with Crippen LogP contribution >= 0.6 is 0 Å². The van der Waals surface area contributed by atoms with Gasteiger partial charge in [0.1, 0.15) is 29.8 Å². The molecule has 0 heterocycles. The standard InChI is InChI=1S/C13H10F3NO/c14-9-1-3-11(16)8(5-9)7-18-13-4-2-10(15)6-12(13)17/h1-6H,7,17H2. The Labute approximate surface area is 102 Å². The second-order valence-electron chi connectivity index (χ2n) is 3.71. The second-order valence-corrected chi connectivity index (χ2v) is 3.71. The van der Waals surface area contributed by atoms with Gasteiger partial charge in [-0.1, -0.05) is 0 Å². The molecule has 0 bridgehead atoms. The summed E-state index contributed by atoms with van der Waals surface area (Å²) < 4.78 is 44.2. The molecule has 0 aliphatic rings. The van der Waals surface area contributed by atoms with Gasteiger partial charge in [0.2, 0.25) is 0 Å². The number of ether oxygens (including phenoxy) is 1. The van der Waals surface area contributed by atoms with Crippen LogP contribution in [0.3, 0.4) is 0 Å². The van der Waals surface area contributed by atoms with E-state index in [1.807, 2.05) is 0 Å². The van der Waals surface area contributed by atoms with Crippen molar-refractivity contribution in [1.82, 2.24) is 0 Å². The molecule has 0 unspecified atom stereocenters. The minimum Gasteiger partial charge on any atom is -0.487 e. The number of halogens is 3. The van der Waals surface area contributed by atoms with E-state index < -0.39 is 17.5 Å². The lowest BCUT2D eigenvalue weighted by molar-refractivity contribution is 0.300. The Morgan fingerprint density at radius 1 is 0.944 bits per heavy atom. The van der Waals surface area contributed by atoms with E-state index in [0.717, 1.165) is 24.3 Å². The van der Waals surface area contributed by atoms with E-state index in [1.54, 1.807) is 0 Å². The Hall–Kier alpha value is -2.17. The van der Waals surface area contributed by atoms with Crippen LogP contribution in [0.2, 0.25) is 0 Å². The molecule has 0 aromatic heterocycles. The number of nitrogens with two attached hydrogens (primary N) is 1. The van der Waals surface area contributed by atoms with Crippen LogP contribution in [0.25, 0.3) is 0 Å². The zero-order valence-corrected chi connectivity index (χ0v) is 9.29. The van der Waals surface area contributed by atoms with Gasteiger partial charge in [0.15, 0.2) is 0 Å². The first-order valence-corrected chi connectivity index (χ1v) is 5.18. The van der Waals surface area contributed by atoms with Gasteiger partial charge >= 0.3 is 0 Å². The minimum absolute atomic E-state index is 0.0683. The summed E-state index contributed by atoms with van der Waals surface area (Å²) in [5, 5.41) is 0. The molecule has 2 N–H and O–H groups in total. The van der Waals surface area contributed by atoms with Gasteiger partial charge in [-0.3, -0.25) is 0 Å². The maximum atomic E-state index is 13.3. The maximum absolute atomic E-state index is 13.3. The third-order valence-corrected chi connectivity index (χ3v) is 2.36. The summed E-state index contributed by atoms with van der Waals surface area (Å²) in [5.74, 6) is -1.39. The van der Waals surface area contributed by atoms with Crippen LogP contribution in [-0.4, -0.2) is 0 Å². The molecular weight excluding hydrogens is 243 g/mol. The number of hydrogen-bond donors (Lipinski definition) is 1. The third-order valence-electron chi connectivity index (χ3n) is 2.36. The lowest BCUT2D eigenvalue weighted by Crippen LogP contribution is -2.01. The Morgan fingerprint density at radius 2 is 1.61 bits per heavy atom. The number of hydrogen-bond acceptors (Lipinski definition) is 2. The summed E-state index contributed by atoms with van der Waals surface area (Å²) in [4.78, 5) is 0. The molecule has 0 amide bonds. The number of rotatable bonds is 3. The highest BCUT2D eigenvalue weighted by atomic mass is 19.1. The first-order valence-electron chi connectivity index (χ1n) is 5.18. The summed E-state index contributed by atoms with van der Waals surface area (Å²) in [6, 6.07) is 6.68. The number of anilines is 1. The molecule has 0 saturated heterocycles. The third kappa shape index (κ3) is 2.74. The van der Waals surface area contributed by atoms with Gasteiger partial charge < -0.3 is 10.5 Å². The summed E-state index contributed by atoms with van der Waals surface area (Å²) in [6.07, 6.45) is 0. The molecule has 18 heavy (non-hydrogen) atoms. The fourth-order valence-electron chi connectivity index (χ4n) is 1.46. The summed E-state index contributed by atoms with van der Waals surface area (Å²) in [6.45, 7) is -0.181. The average Bonchev–Trinajstić information content (AvgIpc) is 2.32. The zero-order valence-electron chi connectivity index (χ0n) is 9.29. The molecule has 0 atom stereocenters. The Kier molecular flexibility index (Phi) is 3.41. The van der Waals surface area contributed by atoms with Crippen molar-refractivity contribution in [1.29, 1.82) is 0 Å². The Bertz CT molecular complexity index is 572. The van der Waals surface area contributed by atoms with Gasteiger partial charge in [-0.25, -0.2) is 13.2 Å². The maximum Gasteiger partial charge on any atom is 0.142 e. The molecule has 94 valence electrons. The van der Waals surface area contributed by atoms with Crippen molar-refractivity contribution in [2.45, 2.75) is 6.61 Å². The second kappa shape index (κ2) is 5.00. The summed E-state index contributed by atoms with van der Waals surface area (Å²) >= 11 is 0. The topological polar surface area (TPSA) is 35.2 Å². The fraction of sp³-hybridized carbons (Fsp3) is 0.0769. The fourth-order valence-corrected chi connectivity index (χ4v) is 1.46. The van der Waals surface area contributed by atoms with Crippen molar-refractivity contribution >= 4 is 5.69 Å². The van der Waals surface area contributed by atoms with Crippen LogP contribution in [0, 0.1) is 17.5 Å². The minimum atomic E-state index is -0.572. The predicted octanol–water partition coefficient (Wildman–Crippen LogP) is 3.27. The van der Waals surface area contributed by atoms with Crippen molar-refractivity contribution in [2.75, 3.05) is 5.73 Å². The van der Waals surface area contributed by atoms with Gasteiger partial charge in [0, 0.05) is 11.6 Å². The SMILES string of the molecule is Nc1cc(F)ccc1OCc1cc(F)ccc1F. The van der Waals surface area contributed by atoms with Crippen LogP contribution in [0.4, 0.5) is 18.9 Å². The molecule has 0 aliphatic heterocycles. The molecule has 2 aromatic carbocycles. The first kappa shape index (κ1) is 12.3. The summed E-state index contributed by atoms with van der Waals surface area (Å²) in [5.41, 5.74) is 5.69. The molecule has 0 spiro atoms. The van der Waals surface area contributed by atoms with Gasteiger partial charge in [-0.15, -0.1) is 0 Å². The molecule has 0 radical (unpaired) electrons. The predicted molar refractivity (Wildman–Crippen MR) is 61.5 cm³/mol. The smallest absolute Gasteiger partial charge is 0.142 e. The van der Waals surface area contributed by atoms with Crippen molar-refractivity contribution in [3.63, 3.8) is 0 Å². The molecule has 2 rings (SSSR count). The van der Waals surface area contributed by atoms with Gasteiger partial charge in [0.05, 0.1) is 5.69 Å². The van der Waals surface area contributed by atoms with Gasteiger partial charge in [0.25, 0.3) is 0 Å². The molecule has 2 aromatic rings. The average molecular weight is 253 g/mol. The molecule has 0 aliphatic carbocycles. The van der Waals surface area contributed by atoms with E-state index in [4.69, 9.17) is 10.5 Å². The van der Waals surface area contributed by atoms with Crippen LogP contribution < -0.4 is 10.5 Å². The van der Waals surface area contributed by atoms with Crippen LogP contribution in [-0.2, 0) is 6.61 Å². The van der Waals surface area contributed by atoms with E-state index in [1.165, 1.54) is 12.1 Å². The highest BCUT2D eigenvalue weighted by molar-refractivity contribution is 5.52. The molecule has 2 nitrogen and oxygen atoms in total. The molecular formula is C13H10F3NO. The van der Waals surface area contributed by atoms with Crippen molar-refractivity contribution in [2.24, 2.45) is 0 Å². The van der Waals surface area contributed by atoms with E-state index >= 15 is 0 Å². The lowest BCUT2D eigenvalue weighted by Gasteiger charge is -2.09. The highest BCUT2D eigenvalue weighted by Crippen LogP contribution is 2.23. The first-order chi connectivity index (χ1) is 8.56. The van der Waals surface area contributed by atoms with E-state index in [-0.39, 0.29) is 23.6 Å². The Balaban J connectivity index is 2.13. The van der Waals surface area contributed by atoms with Gasteiger partial charge in [-0.05, 0) is 30.3 Å². The van der Waals surface area contributed by atoms with E-state index in [0.29, 0.717) is 0 Å². The van der Waals surface area contributed by atoms with Crippen molar-refractivity contribution in [3.8, 4) is 5.75 Å². The van der Waals surface area contributed by atoms with Crippen molar-refractivity contribution in [3.05, 3.63) is 59.4 Å². The summed E-state index contributed by atoms with van der Waals surface area (Å²) in [7, 11) is 0. The lowest BCUT2D eigenvalue weighted by atomic mass is 10.2. The van der Waals surface area contributed by atoms with Gasteiger partial charge in [-0.2, -0.15) is 0 Å². The number of benzene rings is 2. The quantitative estimate of drug-likeness (QED) is 0.852. The normalized spacial score (nSPS) is 10.4. The van der Waals surface area contributed by atoms with E-state index in [9.17, 15) is 13.2 Å². The van der Waals surface area contributed by atoms with Crippen molar-refractivity contribution < 1.29 is 17.9 Å². The largest absolute Gasteiger partial charge is 0.487 e. The Morgan fingerprint density at radius 3 is 2.33 bits per heavy atom. The molecule has 5 heteroatoms. The van der Waals surface area contributed by atoms with Crippen LogP contribution in [0.1, 0.15) is 5.56 Å². The zero-order chi connectivity index (χ0) is 13.1. The van der Waals surface area contributed by atoms with Crippen LogP contribution in [0.5, 0.6) is 5.75 Å². The molecule has 0 saturated carbocycles. The highest BCUT2D eigenvalue weighted by Gasteiger charge is 2.07. The number of nitrogen functional groups attached to an aromatic ring is 1. The van der Waals surface area contributed by atoms with E-state index in [2.05, 4.69) is 0 Å².